The van der Waals surface area contributed by atoms with Crippen LogP contribution >= 0.6 is 23.4 Å². The Bertz CT molecular complexity index is 1120. The quantitative estimate of drug-likeness (QED) is 0.434. The molecule has 2 aromatic rings. The number of anilines is 1. The summed E-state index contributed by atoms with van der Waals surface area (Å²) in [5.74, 6) is 0.824. The number of H-pyrrole nitrogens is 1. The first kappa shape index (κ1) is 25.9. The summed E-state index contributed by atoms with van der Waals surface area (Å²) < 4.78 is 5.57. The molecular formula is C27H38ClN5O2S. The molecule has 1 unspecified atom stereocenters. The van der Waals surface area contributed by atoms with Crippen molar-refractivity contribution < 1.29 is 9.53 Å². The predicted molar refractivity (Wildman–Crippen MR) is 151 cm³/mol. The first-order valence-corrected chi connectivity index (χ1v) is 14.6. The number of benzene rings is 1. The van der Waals surface area contributed by atoms with Crippen molar-refractivity contribution in [3.8, 4) is 0 Å². The summed E-state index contributed by atoms with van der Waals surface area (Å²) >= 11 is 8.27. The Morgan fingerprint density at radius 2 is 2.08 bits per heavy atom. The molecule has 1 aromatic heterocycles. The first-order chi connectivity index (χ1) is 17.2. The number of thioether (sulfide) groups is 1. The molecule has 7 nitrogen and oxygen atoms in total. The largest absolute Gasteiger partial charge is 0.459 e. The van der Waals surface area contributed by atoms with Crippen molar-refractivity contribution in [1.29, 1.82) is 0 Å². The van der Waals surface area contributed by atoms with E-state index >= 15 is 0 Å². The molecule has 1 aliphatic carbocycles. The second-order valence-corrected chi connectivity index (χ2v) is 12.7. The van der Waals surface area contributed by atoms with Gasteiger partial charge >= 0.3 is 5.97 Å². The van der Waals surface area contributed by atoms with Gasteiger partial charge < -0.3 is 20.4 Å². The number of hydrogen-bond donors (Lipinski definition) is 3. The SMILES string of the molecule is CC(C)(C)OC(=O)C1CN(CC[C@@H]2CSC(c3cc4cc(Cl)cc(NC5CCCC5)c4[nH]3)=N2)CCN1. The van der Waals surface area contributed by atoms with Crippen LogP contribution in [0.15, 0.2) is 23.2 Å². The molecule has 0 radical (unpaired) electrons. The molecule has 2 aliphatic heterocycles. The van der Waals surface area contributed by atoms with Gasteiger partial charge in [-0.15, -0.1) is 11.8 Å². The Morgan fingerprint density at radius 1 is 1.28 bits per heavy atom. The van der Waals surface area contributed by atoms with Crippen LogP contribution < -0.4 is 10.6 Å². The molecule has 0 amide bonds. The zero-order valence-corrected chi connectivity index (χ0v) is 23.1. The van der Waals surface area contributed by atoms with Crippen molar-refractivity contribution in [3.05, 3.63) is 28.9 Å². The Labute approximate surface area is 223 Å². The molecule has 2 atom stereocenters. The maximum Gasteiger partial charge on any atom is 0.324 e. The summed E-state index contributed by atoms with van der Waals surface area (Å²) in [5, 5.41) is 9.97. The molecule has 196 valence electrons. The lowest BCUT2D eigenvalue weighted by Crippen LogP contribution is -2.55. The van der Waals surface area contributed by atoms with Gasteiger partial charge in [-0.25, -0.2) is 0 Å². The molecule has 1 aromatic carbocycles. The van der Waals surface area contributed by atoms with Gasteiger partial charge in [0, 0.05) is 48.4 Å². The van der Waals surface area contributed by atoms with Crippen LogP contribution in [0.4, 0.5) is 5.69 Å². The maximum absolute atomic E-state index is 12.5. The smallest absolute Gasteiger partial charge is 0.324 e. The summed E-state index contributed by atoms with van der Waals surface area (Å²) in [4.78, 5) is 23.5. The lowest BCUT2D eigenvalue weighted by Gasteiger charge is -2.34. The molecule has 9 heteroatoms. The number of ether oxygens (including phenoxy) is 1. The van der Waals surface area contributed by atoms with Crippen molar-refractivity contribution >= 4 is 51.0 Å². The predicted octanol–water partition coefficient (Wildman–Crippen LogP) is 5.04. The molecule has 3 heterocycles. The van der Waals surface area contributed by atoms with E-state index < -0.39 is 5.60 Å². The Morgan fingerprint density at radius 3 is 2.86 bits per heavy atom. The van der Waals surface area contributed by atoms with Gasteiger partial charge in [0.15, 0.2) is 0 Å². The van der Waals surface area contributed by atoms with Gasteiger partial charge in [0.05, 0.1) is 22.9 Å². The van der Waals surface area contributed by atoms with Crippen LogP contribution in [0.3, 0.4) is 0 Å². The molecule has 0 bridgehead atoms. The number of hydrogen-bond acceptors (Lipinski definition) is 7. The summed E-state index contributed by atoms with van der Waals surface area (Å²) in [5.41, 5.74) is 2.81. The Balaban J connectivity index is 1.20. The normalized spacial score (nSPS) is 23.8. The number of aromatic amines is 1. The number of piperazine rings is 1. The monoisotopic (exact) mass is 531 g/mol. The number of halogens is 1. The third-order valence-electron chi connectivity index (χ3n) is 7.08. The lowest BCUT2D eigenvalue weighted by atomic mass is 10.1. The minimum Gasteiger partial charge on any atom is -0.459 e. The van der Waals surface area contributed by atoms with Crippen LogP contribution in [-0.2, 0) is 9.53 Å². The van der Waals surface area contributed by atoms with Gasteiger partial charge in [-0.2, -0.15) is 0 Å². The highest BCUT2D eigenvalue weighted by molar-refractivity contribution is 8.14. The summed E-state index contributed by atoms with van der Waals surface area (Å²) in [6.07, 6.45) is 6.01. The number of nitrogens with one attached hydrogen (secondary N) is 3. The third-order valence-corrected chi connectivity index (χ3v) is 8.45. The highest BCUT2D eigenvalue weighted by Gasteiger charge is 2.30. The van der Waals surface area contributed by atoms with Crippen molar-refractivity contribution in [2.45, 2.75) is 76.6 Å². The van der Waals surface area contributed by atoms with Crippen LogP contribution in [0.25, 0.3) is 10.9 Å². The number of carbonyl (C=O) groups is 1. The van der Waals surface area contributed by atoms with Gasteiger partial charge in [-0.3, -0.25) is 14.7 Å². The zero-order chi connectivity index (χ0) is 25.3. The van der Waals surface area contributed by atoms with Gasteiger partial charge in [0.25, 0.3) is 0 Å². The van der Waals surface area contributed by atoms with E-state index in [0.717, 1.165) is 64.2 Å². The number of fused-ring (bicyclic) bond motifs is 1. The van der Waals surface area contributed by atoms with Crippen LogP contribution in [0.5, 0.6) is 0 Å². The van der Waals surface area contributed by atoms with Crippen molar-refractivity contribution in [3.63, 3.8) is 0 Å². The van der Waals surface area contributed by atoms with Gasteiger partial charge in [-0.1, -0.05) is 24.4 Å². The molecule has 1 saturated carbocycles. The van der Waals surface area contributed by atoms with E-state index in [0.29, 0.717) is 12.6 Å². The van der Waals surface area contributed by atoms with Crippen molar-refractivity contribution in [2.24, 2.45) is 4.99 Å². The molecule has 3 aliphatic rings. The molecule has 2 fully saturated rings. The molecule has 1 saturated heterocycles. The van der Waals surface area contributed by atoms with E-state index in [-0.39, 0.29) is 18.1 Å². The molecule has 3 N–H and O–H groups in total. The van der Waals surface area contributed by atoms with Crippen molar-refractivity contribution in [1.82, 2.24) is 15.2 Å². The standard InChI is InChI=1S/C27H38ClN5O2S/c1-27(2,3)35-26(34)23-15-33(11-9-29-23)10-8-20-16-36-25(31-20)22-13-17-12-18(28)14-21(24(17)32-22)30-19-6-4-5-7-19/h12-14,19-20,23,29-30,32H,4-11,15-16H2,1-3H3/t20-,23?/m1/s1. The molecule has 36 heavy (non-hydrogen) atoms. The van der Waals surface area contributed by atoms with E-state index in [1.54, 1.807) is 0 Å². The fraction of sp³-hybridized carbons (Fsp3) is 0.630. The third kappa shape index (κ3) is 6.39. The van der Waals surface area contributed by atoms with Gasteiger partial charge in [0.1, 0.15) is 16.7 Å². The minimum atomic E-state index is -0.464. The summed E-state index contributed by atoms with van der Waals surface area (Å²) in [7, 11) is 0. The van der Waals surface area contributed by atoms with Gasteiger partial charge in [-0.05, 0) is 58.2 Å². The van der Waals surface area contributed by atoms with E-state index in [9.17, 15) is 4.79 Å². The second-order valence-electron chi connectivity index (χ2n) is 11.3. The lowest BCUT2D eigenvalue weighted by molar-refractivity contribution is -0.158. The Hall–Kier alpha value is -1.74. The number of rotatable bonds is 7. The topological polar surface area (TPSA) is 81.8 Å². The zero-order valence-electron chi connectivity index (χ0n) is 21.5. The van der Waals surface area contributed by atoms with E-state index in [4.69, 9.17) is 21.3 Å². The fourth-order valence-electron chi connectivity index (χ4n) is 5.31. The highest BCUT2D eigenvalue weighted by atomic mass is 35.5. The van der Waals surface area contributed by atoms with Crippen LogP contribution in [0.1, 0.15) is 58.6 Å². The number of nitrogens with zero attached hydrogens (tertiary/aromatic N) is 2. The first-order valence-electron chi connectivity index (χ1n) is 13.2. The van der Waals surface area contributed by atoms with E-state index in [1.165, 1.54) is 25.7 Å². The van der Waals surface area contributed by atoms with E-state index in [1.807, 2.05) is 44.7 Å². The minimum absolute atomic E-state index is 0.162. The average molecular weight is 532 g/mol. The Kier molecular flexibility index (Phi) is 7.86. The molecule has 0 spiro atoms. The number of aromatic nitrogens is 1. The molecular weight excluding hydrogens is 494 g/mol. The van der Waals surface area contributed by atoms with E-state index in [2.05, 4.69) is 26.6 Å². The van der Waals surface area contributed by atoms with Crippen LogP contribution in [-0.4, -0.2) is 76.6 Å². The number of aliphatic imine (C=N–C) groups is 1. The highest BCUT2D eigenvalue weighted by Crippen LogP contribution is 2.33. The van der Waals surface area contributed by atoms with Crippen LogP contribution in [0.2, 0.25) is 5.02 Å². The number of carbonyl (C=O) groups excluding carboxylic acids is 1. The summed E-state index contributed by atoms with van der Waals surface area (Å²) in [6.45, 7) is 9.09. The molecule has 5 rings (SSSR count). The maximum atomic E-state index is 12.5. The average Bonchev–Trinajstić information content (AvgIpc) is 3.57. The summed E-state index contributed by atoms with van der Waals surface area (Å²) in [6, 6.07) is 6.79. The van der Waals surface area contributed by atoms with Crippen molar-refractivity contribution in [2.75, 3.05) is 37.2 Å². The fourth-order valence-corrected chi connectivity index (χ4v) is 6.62. The number of esters is 1. The second kappa shape index (κ2) is 10.9. The van der Waals surface area contributed by atoms with Crippen LogP contribution in [0, 0.1) is 0 Å². The van der Waals surface area contributed by atoms with Gasteiger partial charge in [0.2, 0.25) is 0 Å².